The van der Waals surface area contributed by atoms with E-state index in [-0.39, 0.29) is 17.5 Å². The maximum atomic E-state index is 13.6. The van der Waals surface area contributed by atoms with Gasteiger partial charge in [0.05, 0.1) is 5.69 Å². The summed E-state index contributed by atoms with van der Waals surface area (Å²) in [6.07, 6.45) is 0.902. The Morgan fingerprint density at radius 1 is 1.09 bits per heavy atom. The van der Waals surface area contributed by atoms with Gasteiger partial charge in [0.25, 0.3) is 5.91 Å². The average molecular weight is 312 g/mol. The van der Waals surface area contributed by atoms with Crippen molar-refractivity contribution in [1.82, 2.24) is 0 Å². The Kier molecular flexibility index (Phi) is 4.10. The van der Waals surface area contributed by atoms with Crippen molar-refractivity contribution in [2.45, 2.75) is 13.3 Å². The van der Waals surface area contributed by atoms with Gasteiger partial charge in [-0.1, -0.05) is 25.1 Å². The first-order chi connectivity index (χ1) is 11.0. The predicted octanol–water partition coefficient (Wildman–Crippen LogP) is 3.67. The topological polar surface area (TPSA) is 58.2 Å². The zero-order valence-electron chi connectivity index (χ0n) is 12.7. The SMILES string of the molecule is CC1CC1C(=O)Nc1cccc(C(=O)Nc2ccccc2F)c1. The van der Waals surface area contributed by atoms with Crippen LogP contribution in [0.3, 0.4) is 0 Å². The summed E-state index contributed by atoms with van der Waals surface area (Å²) in [5.41, 5.74) is 1.05. The Morgan fingerprint density at radius 2 is 1.83 bits per heavy atom. The van der Waals surface area contributed by atoms with Gasteiger partial charge in [0.2, 0.25) is 5.91 Å². The average Bonchev–Trinajstić information content (AvgIpc) is 3.27. The fourth-order valence-corrected chi connectivity index (χ4v) is 2.42. The van der Waals surface area contributed by atoms with E-state index >= 15 is 0 Å². The van der Waals surface area contributed by atoms with Gasteiger partial charge in [-0.2, -0.15) is 0 Å². The van der Waals surface area contributed by atoms with Crippen LogP contribution in [0.15, 0.2) is 48.5 Å². The molecule has 0 heterocycles. The van der Waals surface area contributed by atoms with Crippen LogP contribution >= 0.6 is 0 Å². The van der Waals surface area contributed by atoms with Crippen LogP contribution in [-0.2, 0) is 4.79 Å². The number of hydrogen-bond donors (Lipinski definition) is 2. The highest BCUT2D eigenvalue weighted by Crippen LogP contribution is 2.38. The van der Waals surface area contributed by atoms with Crippen LogP contribution in [0.25, 0.3) is 0 Å². The lowest BCUT2D eigenvalue weighted by atomic mass is 10.1. The third-order valence-electron chi connectivity index (χ3n) is 3.96. The van der Waals surface area contributed by atoms with Crippen LogP contribution in [-0.4, -0.2) is 11.8 Å². The highest BCUT2D eigenvalue weighted by molar-refractivity contribution is 6.05. The Morgan fingerprint density at radius 3 is 2.52 bits per heavy atom. The molecule has 4 nitrogen and oxygen atoms in total. The summed E-state index contributed by atoms with van der Waals surface area (Å²) in [4.78, 5) is 24.2. The summed E-state index contributed by atoms with van der Waals surface area (Å²) < 4.78 is 13.6. The number of benzene rings is 2. The van der Waals surface area contributed by atoms with Crippen LogP contribution in [0, 0.1) is 17.7 Å². The predicted molar refractivity (Wildman–Crippen MR) is 86.7 cm³/mol. The van der Waals surface area contributed by atoms with Crippen LogP contribution in [0.1, 0.15) is 23.7 Å². The molecule has 2 aromatic rings. The van der Waals surface area contributed by atoms with E-state index in [1.165, 1.54) is 12.1 Å². The van der Waals surface area contributed by atoms with Gasteiger partial charge < -0.3 is 10.6 Å². The van der Waals surface area contributed by atoms with Crippen molar-refractivity contribution in [3.05, 3.63) is 59.9 Å². The van der Waals surface area contributed by atoms with Gasteiger partial charge in [-0.25, -0.2) is 4.39 Å². The molecule has 2 N–H and O–H groups in total. The second-order valence-corrected chi connectivity index (χ2v) is 5.82. The zero-order chi connectivity index (χ0) is 16.4. The molecule has 0 aliphatic heterocycles. The minimum absolute atomic E-state index is 0.0239. The number of anilines is 2. The van der Waals surface area contributed by atoms with Crippen molar-refractivity contribution in [3.8, 4) is 0 Å². The van der Waals surface area contributed by atoms with E-state index in [0.29, 0.717) is 17.2 Å². The largest absolute Gasteiger partial charge is 0.326 e. The number of carbonyl (C=O) groups excluding carboxylic acids is 2. The second-order valence-electron chi connectivity index (χ2n) is 5.82. The van der Waals surface area contributed by atoms with E-state index < -0.39 is 11.7 Å². The molecule has 2 unspecified atom stereocenters. The number of halogens is 1. The molecule has 2 aromatic carbocycles. The number of para-hydroxylation sites is 1. The first kappa shape index (κ1) is 15.2. The molecule has 0 saturated heterocycles. The fraction of sp³-hybridized carbons (Fsp3) is 0.222. The van der Waals surface area contributed by atoms with E-state index in [1.807, 2.05) is 6.92 Å². The molecular formula is C18H17FN2O2. The molecule has 2 atom stereocenters. The van der Waals surface area contributed by atoms with Gasteiger partial charge >= 0.3 is 0 Å². The van der Waals surface area contributed by atoms with Crippen molar-refractivity contribution in [3.63, 3.8) is 0 Å². The standard InChI is InChI=1S/C18H17FN2O2/c1-11-9-14(11)18(23)20-13-6-4-5-12(10-13)17(22)21-16-8-3-2-7-15(16)19/h2-8,10-11,14H,9H2,1H3,(H,20,23)(H,21,22). The van der Waals surface area contributed by atoms with Gasteiger partial charge in [0.15, 0.2) is 0 Å². The zero-order valence-corrected chi connectivity index (χ0v) is 12.7. The minimum Gasteiger partial charge on any atom is -0.326 e. The van der Waals surface area contributed by atoms with E-state index in [2.05, 4.69) is 10.6 Å². The summed E-state index contributed by atoms with van der Waals surface area (Å²) in [6.45, 7) is 2.03. The number of rotatable bonds is 4. The summed E-state index contributed by atoms with van der Waals surface area (Å²) in [7, 11) is 0. The summed E-state index contributed by atoms with van der Waals surface area (Å²) in [5.74, 6) is -0.461. The molecule has 0 bridgehead atoms. The van der Waals surface area contributed by atoms with Crippen molar-refractivity contribution in [2.24, 2.45) is 11.8 Å². The summed E-state index contributed by atoms with van der Waals surface area (Å²) in [5, 5.41) is 5.33. The first-order valence-corrected chi connectivity index (χ1v) is 7.51. The van der Waals surface area contributed by atoms with Gasteiger partial charge in [-0.15, -0.1) is 0 Å². The molecule has 23 heavy (non-hydrogen) atoms. The quantitative estimate of drug-likeness (QED) is 0.905. The molecular weight excluding hydrogens is 295 g/mol. The molecule has 1 aliphatic rings. The lowest BCUT2D eigenvalue weighted by Gasteiger charge is -2.09. The lowest BCUT2D eigenvalue weighted by Crippen LogP contribution is -2.16. The molecule has 1 saturated carbocycles. The highest BCUT2D eigenvalue weighted by Gasteiger charge is 2.39. The van der Waals surface area contributed by atoms with E-state index in [4.69, 9.17) is 0 Å². The molecule has 5 heteroatoms. The number of nitrogens with one attached hydrogen (secondary N) is 2. The Balaban J connectivity index is 1.70. The molecule has 1 fully saturated rings. The molecule has 2 amide bonds. The van der Waals surface area contributed by atoms with Gasteiger partial charge in [-0.3, -0.25) is 9.59 Å². The summed E-state index contributed by atoms with van der Waals surface area (Å²) in [6, 6.07) is 12.6. The number of carbonyl (C=O) groups is 2. The molecule has 3 rings (SSSR count). The molecule has 0 radical (unpaired) electrons. The maximum absolute atomic E-state index is 13.6. The molecule has 0 aromatic heterocycles. The maximum Gasteiger partial charge on any atom is 0.255 e. The third-order valence-corrected chi connectivity index (χ3v) is 3.96. The van der Waals surface area contributed by atoms with Crippen LogP contribution in [0.2, 0.25) is 0 Å². The Hall–Kier alpha value is -2.69. The highest BCUT2D eigenvalue weighted by atomic mass is 19.1. The minimum atomic E-state index is -0.493. The second kappa shape index (κ2) is 6.20. The molecule has 118 valence electrons. The van der Waals surface area contributed by atoms with E-state index in [1.54, 1.807) is 36.4 Å². The lowest BCUT2D eigenvalue weighted by molar-refractivity contribution is -0.117. The van der Waals surface area contributed by atoms with Crippen molar-refractivity contribution in [2.75, 3.05) is 10.6 Å². The van der Waals surface area contributed by atoms with Crippen LogP contribution in [0.5, 0.6) is 0 Å². The fourth-order valence-electron chi connectivity index (χ4n) is 2.42. The number of amides is 2. The van der Waals surface area contributed by atoms with E-state index in [9.17, 15) is 14.0 Å². The van der Waals surface area contributed by atoms with E-state index in [0.717, 1.165) is 6.42 Å². The van der Waals surface area contributed by atoms with Crippen LogP contribution < -0.4 is 10.6 Å². The van der Waals surface area contributed by atoms with Gasteiger partial charge in [-0.05, 0) is 42.7 Å². The monoisotopic (exact) mass is 312 g/mol. The molecule has 0 spiro atoms. The third kappa shape index (κ3) is 3.56. The van der Waals surface area contributed by atoms with Crippen molar-refractivity contribution in [1.29, 1.82) is 0 Å². The van der Waals surface area contributed by atoms with Crippen molar-refractivity contribution >= 4 is 23.2 Å². The number of hydrogen-bond acceptors (Lipinski definition) is 2. The first-order valence-electron chi connectivity index (χ1n) is 7.51. The van der Waals surface area contributed by atoms with Crippen LogP contribution in [0.4, 0.5) is 15.8 Å². The normalized spacial score (nSPS) is 19.0. The smallest absolute Gasteiger partial charge is 0.255 e. The van der Waals surface area contributed by atoms with Crippen molar-refractivity contribution < 1.29 is 14.0 Å². The van der Waals surface area contributed by atoms with Gasteiger partial charge in [0.1, 0.15) is 5.82 Å². The Labute approximate surface area is 133 Å². The van der Waals surface area contributed by atoms with Gasteiger partial charge in [0, 0.05) is 17.2 Å². The summed E-state index contributed by atoms with van der Waals surface area (Å²) >= 11 is 0. The molecule has 1 aliphatic carbocycles. The Bertz CT molecular complexity index is 760.